The fraction of sp³-hybridized carbons (Fsp3) is 0.125. The summed E-state index contributed by atoms with van der Waals surface area (Å²) < 4.78 is 38.5. The van der Waals surface area contributed by atoms with Crippen LogP contribution < -0.4 is 10.2 Å². The Labute approximate surface area is 167 Å². The van der Waals surface area contributed by atoms with E-state index in [0.717, 1.165) is 23.9 Å². The van der Waals surface area contributed by atoms with Gasteiger partial charge in [-0.2, -0.15) is 18.4 Å². The molecule has 0 saturated heterocycles. The lowest BCUT2D eigenvalue weighted by molar-refractivity contribution is -0.137. The van der Waals surface area contributed by atoms with E-state index < -0.39 is 11.7 Å². The molecule has 0 spiro atoms. The van der Waals surface area contributed by atoms with Crippen molar-refractivity contribution in [2.45, 2.75) is 16.0 Å². The largest absolute Gasteiger partial charge is 0.416 e. The molecular formula is C16H10Cl2F3N3S2. The van der Waals surface area contributed by atoms with Gasteiger partial charge in [-0.3, -0.25) is 5.32 Å². The lowest BCUT2D eigenvalue weighted by atomic mass is 10.2. The molecule has 3 nitrogen and oxygen atoms in total. The summed E-state index contributed by atoms with van der Waals surface area (Å²) in [7, 11) is 1.62. The molecule has 2 aromatic carbocycles. The highest BCUT2D eigenvalue weighted by Crippen LogP contribution is 2.42. The van der Waals surface area contributed by atoms with Crippen LogP contribution in [0.3, 0.4) is 0 Å². The monoisotopic (exact) mass is 435 g/mol. The number of benzene rings is 2. The minimum absolute atomic E-state index is 0.151. The molecule has 26 heavy (non-hydrogen) atoms. The third kappa shape index (κ3) is 4.95. The Morgan fingerprint density at radius 3 is 2.38 bits per heavy atom. The third-order valence-corrected chi connectivity index (χ3v) is 5.55. The van der Waals surface area contributed by atoms with Gasteiger partial charge in [0.1, 0.15) is 0 Å². The molecule has 10 heteroatoms. The van der Waals surface area contributed by atoms with Crippen LogP contribution in [0.4, 0.5) is 18.9 Å². The zero-order valence-electron chi connectivity index (χ0n) is 13.1. The summed E-state index contributed by atoms with van der Waals surface area (Å²) in [5, 5.41) is 11.6. The number of thiocarbonyl (C=S) groups is 1. The zero-order valence-corrected chi connectivity index (χ0v) is 16.2. The average Bonchev–Trinajstić information content (AvgIpc) is 2.57. The van der Waals surface area contributed by atoms with Gasteiger partial charge in [-0.05, 0) is 42.5 Å². The Morgan fingerprint density at radius 2 is 1.85 bits per heavy atom. The number of rotatable bonds is 3. The SMILES string of the molecule is CN(C(=S)NC#N)c1cc(Cl)c(Sc2cccc(C(F)(F)F)c2)c(Cl)c1. The van der Waals surface area contributed by atoms with E-state index in [0.29, 0.717) is 15.5 Å². The Kier molecular flexibility index (Phi) is 6.64. The number of nitrogens with zero attached hydrogens (tertiary/aromatic N) is 2. The van der Waals surface area contributed by atoms with Gasteiger partial charge in [0.15, 0.2) is 11.3 Å². The van der Waals surface area contributed by atoms with Crippen LogP contribution in [0.25, 0.3) is 0 Å². The zero-order chi connectivity index (χ0) is 19.5. The maximum atomic E-state index is 12.8. The van der Waals surface area contributed by atoms with Gasteiger partial charge in [0.25, 0.3) is 0 Å². The van der Waals surface area contributed by atoms with E-state index >= 15 is 0 Å². The number of hydrogen-bond acceptors (Lipinski definition) is 3. The smallest absolute Gasteiger partial charge is 0.321 e. The van der Waals surface area contributed by atoms with Crippen molar-refractivity contribution in [3.8, 4) is 6.19 Å². The molecule has 0 aliphatic heterocycles. The summed E-state index contributed by atoms with van der Waals surface area (Å²) in [5.74, 6) is 0. The highest BCUT2D eigenvalue weighted by atomic mass is 35.5. The molecule has 0 unspecified atom stereocenters. The summed E-state index contributed by atoms with van der Waals surface area (Å²) in [5.41, 5.74) is -0.222. The van der Waals surface area contributed by atoms with Gasteiger partial charge < -0.3 is 4.90 Å². The minimum Gasteiger partial charge on any atom is -0.321 e. The van der Waals surface area contributed by atoms with Crippen molar-refractivity contribution in [1.29, 1.82) is 5.26 Å². The van der Waals surface area contributed by atoms with Crippen LogP contribution >= 0.6 is 47.2 Å². The first-order valence-electron chi connectivity index (χ1n) is 6.90. The minimum atomic E-state index is -4.43. The molecule has 0 aliphatic rings. The fourth-order valence-electron chi connectivity index (χ4n) is 1.94. The number of anilines is 1. The predicted molar refractivity (Wildman–Crippen MR) is 102 cm³/mol. The first-order valence-corrected chi connectivity index (χ1v) is 8.88. The van der Waals surface area contributed by atoms with Crippen molar-refractivity contribution in [3.63, 3.8) is 0 Å². The average molecular weight is 436 g/mol. The van der Waals surface area contributed by atoms with E-state index in [2.05, 4.69) is 5.32 Å². The second-order valence-electron chi connectivity index (χ2n) is 4.97. The van der Waals surface area contributed by atoms with Gasteiger partial charge in [0.05, 0.1) is 15.6 Å². The van der Waals surface area contributed by atoms with Gasteiger partial charge in [-0.15, -0.1) is 0 Å². The van der Waals surface area contributed by atoms with Crippen LogP contribution in [-0.4, -0.2) is 12.2 Å². The topological polar surface area (TPSA) is 39.1 Å². The Balaban J connectivity index is 2.32. The normalized spacial score (nSPS) is 11.0. The molecule has 0 heterocycles. The quantitative estimate of drug-likeness (QED) is 0.366. The second kappa shape index (κ2) is 8.35. The molecule has 2 rings (SSSR count). The molecule has 1 N–H and O–H groups in total. The lowest BCUT2D eigenvalue weighted by Gasteiger charge is -2.20. The summed E-state index contributed by atoms with van der Waals surface area (Å²) in [6, 6.07) is 8.01. The van der Waals surface area contributed by atoms with E-state index in [1.807, 2.05) is 0 Å². The third-order valence-electron chi connectivity index (χ3n) is 3.22. The van der Waals surface area contributed by atoms with Gasteiger partial charge in [0.2, 0.25) is 0 Å². The highest BCUT2D eigenvalue weighted by molar-refractivity contribution is 7.99. The van der Waals surface area contributed by atoms with Crippen molar-refractivity contribution in [1.82, 2.24) is 5.32 Å². The van der Waals surface area contributed by atoms with E-state index in [-0.39, 0.29) is 15.2 Å². The molecule has 0 amide bonds. The Bertz CT molecular complexity index is 859. The van der Waals surface area contributed by atoms with E-state index in [9.17, 15) is 13.2 Å². The Morgan fingerprint density at radius 1 is 1.23 bits per heavy atom. The molecule has 0 radical (unpaired) electrons. The number of nitriles is 1. The summed E-state index contributed by atoms with van der Waals surface area (Å²) >= 11 is 18.6. The van der Waals surface area contributed by atoms with Gasteiger partial charge >= 0.3 is 6.18 Å². The fourth-order valence-corrected chi connectivity index (χ4v) is 3.68. The molecule has 0 aromatic heterocycles. The maximum Gasteiger partial charge on any atom is 0.416 e. The van der Waals surface area contributed by atoms with Crippen molar-refractivity contribution >= 4 is 58.0 Å². The molecule has 0 saturated carbocycles. The molecular weight excluding hydrogens is 426 g/mol. The molecule has 0 fully saturated rings. The van der Waals surface area contributed by atoms with Crippen LogP contribution in [0.1, 0.15) is 5.56 Å². The molecule has 0 bridgehead atoms. The van der Waals surface area contributed by atoms with Crippen molar-refractivity contribution in [2.75, 3.05) is 11.9 Å². The summed E-state index contributed by atoms with van der Waals surface area (Å²) in [6.07, 6.45) is -2.72. The number of hydrogen-bond donors (Lipinski definition) is 1. The number of halogens is 5. The number of nitrogens with one attached hydrogen (secondary N) is 1. The standard InChI is InChI=1S/C16H10Cl2F3N3S2/c1-24(15(25)23-8-22)10-6-12(17)14(13(18)7-10)26-11-4-2-3-9(5-11)16(19,20)21/h2-7H,1H3,(H,23,25). The molecule has 136 valence electrons. The summed E-state index contributed by atoms with van der Waals surface area (Å²) in [4.78, 5) is 2.27. The van der Waals surface area contributed by atoms with Gasteiger partial charge in [-0.1, -0.05) is 41.0 Å². The van der Waals surface area contributed by atoms with Crippen molar-refractivity contribution < 1.29 is 13.2 Å². The maximum absolute atomic E-state index is 12.8. The molecule has 2 aromatic rings. The Hall–Kier alpha value is -1.66. The van der Waals surface area contributed by atoms with Crippen molar-refractivity contribution in [2.24, 2.45) is 0 Å². The second-order valence-corrected chi connectivity index (χ2v) is 7.25. The van der Waals surface area contributed by atoms with Crippen LogP contribution in [0.15, 0.2) is 46.2 Å². The first kappa shape index (κ1) is 20.6. The first-order chi connectivity index (χ1) is 12.1. The van der Waals surface area contributed by atoms with Crippen molar-refractivity contribution in [3.05, 3.63) is 52.0 Å². The predicted octanol–water partition coefficient (Wildman–Crippen LogP) is 5.96. The van der Waals surface area contributed by atoms with E-state index in [1.165, 1.54) is 11.0 Å². The molecule has 0 aliphatic carbocycles. The summed E-state index contributed by atoms with van der Waals surface area (Å²) in [6.45, 7) is 0. The lowest BCUT2D eigenvalue weighted by Crippen LogP contribution is -2.34. The van der Waals surface area contributed by atoms with Crippen LogP contribution in [0.2, 0.25) is 10.0 Å². The van der Waals surface area contributed by atoms with E-state index in [4.69, 9.17) is 40.7 Å². The number of alkyl halides is 3. The van der Waals surface area contributed by atoms with E-state index in [1.54, 1.807) is 31.4 Å². The highest BCUT2D eigenvalue weighted by Gasteiger charge is 2.30. The van der Waals surface area contributed by atoms with Crippen LogP contribution in [-0.2, 0) is 6.18 Å². The van der Waals surface area contributed by atoms with Crippen LogP contribution in [0.5, 0.6) is 0 Å². The van der Waals surface area contributed by atoms with Crippen LogP contribution in [0, 0.1) is 11.5 Å². The molecule has 0 atom stereocenters. The van der Waals surface area contributed by atoms with Gasteiger partial charge in [0, 0.05) is 22.5 Å². The van der Waals surface area contributed by atoms with Gasteiger partial charge in [-0.25, -0.2) is 0 Å².